The number of aryl methyl sites for hydroxylation is 1. The molecular weight excluding hydrogens is 457 g/mol. The fraction of sp³-hybridized carbons (Fsp3) is 0.179. The molecule has 0 spiro atoms. The predicted octanol–water partition coefficient (Wildman–Crippen LogP) is 5.53. The number of anilines is 2. The Balaban J connectivity index is 1.41. The van der Waals surface area contributed by atoms with E-state index in [4.69, 9.17) is 4.74 Å². The maximum absolute atomic E-state index is 13.6. The third-order valence-corrected chi connectivity index (χ3v) is 6.21. The molecule has 1 aliphatic rings. The number of nitrogens with one attached hydrogen (secondary N) is 2. The third kappa shape index (κ3) is 4.98. The molecule has 0 radical (unpaired) electrons. The Hall–Kier alpha value is -4.46. The van der Waals surface area contributed by atoms with Crippen molar-refractivity contribution in [1.82, 2.24) is 14.8 Å². The molecule has 3 aromatic carbocycles. The van der Waals surface area contributed by atoms with Gasteiger partial charge in [-0.05, 0) is 48.7 Å². The van der Waals surface area contributed by atoms with E-state index < -0.39 is 0 Å². The molecule has 0 unspecified atom stereocenters. The van der Waals surface area contributed by atoms with Gasteiger partial charge in [0.15, 0.2) is 0 Å². The van der Waals surface area contributed by atoms with E-state index in [-0.39, 0.29) is 29.8 Å². The number of ether oxygens (including phenoxy) is 1. The molecule has 2 N–H and O–H groups in total. The van der Waals surface area contributed by atoms with Gasteiger partial charge in [-0.25, -0.2) is 9.07 Å². The van der Waals surface area contributed by atoms with Crippen LogP contribution in [0.2, 0.25) is 0 Å². The second-order valence-corrected chi connectivity index (χ2v) is 8.68. The Morgan fingerprint density at radius 1 is 1.08 bits per heavy atom. The maximum Gasteiger partial charge on any atom is 0.250 e. The Kier molecular flexibility index (Phi) is 6.49. The first-order valence-electron chi connectivity index (χ1n) is 11.7. The van der Waals surface area contributed by atoms with Crippen LogP contribution in [0.3, 0.4) is 0 Å². The largest absolute Gasteiger partial charge is 0.496 e. The zero-order valence-electron chi connectivity index (χ0n) is 20.0. The third-order valence-electron chi connectivity index (χ3n) is 6.21. The summed E-state index contributed by atoms with van der Waals surface area (Å²) >= 11 is 0. The second-order valence-electron chi connectivity index (χ2n) is 8.68. The molecule has 2 atom stereocenters. The van der Waals surface area contributed by atoms with E-state index in [1.807, 2.05) is 31.2 Å². The van der Waals surface area contributed by atoms with Gasteiger partial charge in [-0.3, -0.25) is 10.1 Å². The van der Waals surface area contributed by atoms with Crippen molar-refractivity contribution >= 4 is 23.9 Å². The molecule has 1 amide bonds. The van der Waals surface area contributed by atoms with Gasteiger partial charge in [0.2, 0.25) is 5.95 Å². The second kappa shape index (κ2) is 10.0. The highest BCUT2D eigenvalue weighted by molar-refractivity contribution is 6.01. The Labute approximate surface area is 208 Å². The van der Waals surface area contributed by atoms with Gasteiger partial charge in [0.05, 0.1) is 19.2 Å². The smallest absolute Gasteiger partial charge is 0.250 e. The van der Waals surface area contributed by atoms with E-state index >= 15 is 0 Å². The molecule has 1 aliphatic heterocycles. The lowest BCUT2D eigenvalue weighted by Crippen LogP contribution is -2.28. The number of benzene rings is 3. The van der Waals surface area contributed by atoms with Crippen LogP contribution < -0.4 is 15.4 Å². The molecule has 0 aliphatic carbocycles. The van der Waals surface area contributed by atoms with Crippen LogP contribution in [0.15, 0.2) is 78.9 Å². The van der Waals surface area contributed by atoms with Crippen molar-refractivity contribution in [1.29, 1.82) is 0 Å². The van der Waals surface area contributed by atoms with Crippen LogP contribution in [0.4, 0.5) is 16.3 Å². The number of methoxy groups -OCH3 is 1. The van der Waals surface area contributed by atoms with E-state index in [1.165, 1.54) is 23.8 Å². The topological polar surface area (TPSA) is 81.1 Å². The SMILES string of the molecule is COc1ccccc1/C=C/C(=O)Nc1nc2n(n1)[C@@H](c1ccc(F)cc1)C[C@@H](c1ccc(C)cc1)N2. The molecular formula is C28H26FN5O2. The standard InChI is InChI=1S/C28H26FN5O2/c1-18-7-9-19(10-8-18)23-17-24(20-11-14-22(29)15-12-20)34-28(30-23)32-27(33-34)31-26(35)16-13-21-5-3-4-6-25(21)36-2/h3-16,23-24H,17H2,1-2H3,(H2,30,31,32,33,35)/b16-13+/t23-,24+/m0/s1. The first-order chi connectivity index (χ1) is 17.5. The van der Waals surface area contributed by atoms with Crippen LogP contribution in [0.1, 0.15) is 40.8 Å². The zero-order valence-corrected chi connectivity index (χ0v) is 20.0. The van der Waals surface area contributed by atoms with E-state index in [0.29, 0.717) is 18.1 Å². The highest BCUT2D eigenvalue weighted by atomic mass is 19.1. The summed E-state index contributed by atoms with van der Waals surface area (Å²) in [6.45, 7) is 2.05. The number of amides is 1. The number of aromatic nitrogens is 3. The first kappa shape index (κ1) is 23.3. The van der Waals surface area contributed by atoms with Crippen LogP contribution in [0.5, 0.6) is 5.75 Å². The van der Waals surface area contributed by atoms with Crippen molar-refractivity contribution in [3.05, 3.63) is 107 Å². The van der Waals surface area contributed by atoms with Crippen LogP contribution in [0.25, 0.3) is 6.08 Å². The van der Waals surface area contributed by atoms with E-state index in [1.54, 1.807) is 30.0 Å². The molecule has 36 heavy (non-hydrogen) atoms. The summed E-state index contributed by atoms with van der Waals surface area (Å²) in [5.74, 6) is 0.730. The number of hydrogen-bond acceptors (Lipinski definition) is 5. The summed E-state index contributed by atoms with van der Waals surface area (Å²) in [7, 11) is 1.58. The Morgan fingerprint density at radius 2 is 1.81 bits per heavy atom. The van der Waals surface area contributed by atoms with Crippen LogP contribution in [0, 0.1) is 12.7 Å². The quantitative estimate of drug-likeness (QED) is 0.352. The fourth-order valence-electron chi connectivity index (χ4n) is 4.33. The van der Waals surface area contributed by atoms with Gasteiger partial charge < -0.3 is 10.1 Å². The minimum absolute atomic E-state index is 0.0219. The van der Waals surface area contributed by atoms with Gasteiger partial charge >= 0.3 is 0 Å². The molecule has 0 bridgehead atoms. The number of nitrogens with zero attached hydrogens (tertiary/aromatic N) is 3. The van der Waals surface area contributed by atoms with Crippen molar-refractivity contribution in [3.63, 3.8) is 0 Å². The lowest BCUT2D eigenvalue weighted by atomic mass is 9.93. The predicted molar refractivity (Wildman–Crippen MR) is 137 cm³/mol. The zero-order chi connectivity index (χ0) is 25.1. The summed E-state index contributed by atoms with van der Waals surface area (Å²) in [6.07, 6.45) is 3.78. The molecule has 0 saturated heterocycles. The molecule has 2 heterocycles. The fourth-order valence-corrected chi connectivity index (χ4v) is 4.33. The van der Waals surface area contributed by atoms with Gasteiger partial charge in [-0.15, -0.1) is 5.10 Å². The molecule has 0 fully saturated rings. The highest BCUT2D eigenvalue weighted by Crippen LogP contribution is 2.38. The lowest BCUT2D eigenvalue weighted by Gasteiger charge is -2.31. The normalized spacial score (nSPS) is 16.9. The Morgan fingerprint density at radius 3 is 2.56 bits per heavy atom. The van der Waals surface area contributed by atoms with E-state index in [9.17, 15) is 9.18 Å². The monoisotopic (exact) mass is 483 g/mol. The summed E-state index contributed by atoms with van der Waals surface area (Å²) in [6, 6.07) is 22.0. The van der Waals surface area contributed by atoms with Gasteiger partial charge in [0, 0.05) is 11.6 Å². The van der Waals surface area contributed by atoms with Crippen molar-refractivity contribution in [2.24, 2.45) is 0 Å². The van der Waals surface area contributed by atoms with Crippen LogP contribution in [-0.4, -0.2) is 27.8 Å². The molecule has 4 aromatic rings. The number of para-hydroxylation sites is 1. The number of carbonyl (C=O) groups excluding carboxylic acids is 1. The molecule has 7 nitrogen and oxygen atoms in total. The maximum atomic E-state index is 13.6. The molecule has 8 heteroatoms. The van der Waals surface area contributed by atoms with Crippen molar-refractivity contribution < 1.29 is 13.9 Å². The number of carbonyl (C=O) groups is 1. The first-order valence-corrected chi connectivity index (χ1v) is 11.7. The van der Waals surface area contributed by atoms with Gasteiger partial charge in [-0.2, -0.15) is 4.98 Å². The number of rotatable bonds is 6. The lowest BCUT2D eigenvalue weighted by molar-refractivity contribution is -0.111. The Bertz CT molecular complexity index is 1400. The number of fused-ring (bicyclic) bond motifs is 1. The average Bonchev–Trinajstić information content (AvgIpc) is 3.30. The summed E-state index contributed by atoms with van der Waals surface area (Å²) in [5.41, 5.74) is 3.99. The van der Waals surface area contributed by atoms with Crippen molar-refractivity contribution in [2.45, 2.75) is 25.4 Å². The number of halogens is 1. The summed E-state index contributed by atoms with van der Waals surface area (Å²) in [5, 5.41) is 10.7. The van der Waals surface area contributed by atoms with Crippen LogP contribution >= 0.6 is 0 Å². The van der Waals surface area contributed by atoms with Gasteiger partial charge in [0.1, 0.15) is 11.6 Å². The summed E-state index contributed by atoms with van der Waals surface area (Å²) in [4.78, 5) is 17.2. The number of hydrogen-bond donors (Lipinski definition) is 2. The van der Waals surface area contributed by atoms with Gasteiger partial charge in [-0.1, -0.05) is 60.2 Å². The minimum Gasteiger partial charge on any atom is -0.496 e. The van der Waals surface area contributed by atoms with E-state index in [0.717, 1.165) is 16.7 Å². The average molecular weight is 484 g/mol. The highest BCUT2D eigenvalue weighted by Gasteiger charge is 2.31. The van der Waals surface area contributed by atoms with Crippen LogP contribution in [-0.2, 0) is 4.79 Å². The molecule has 0 saturated carbocycles. The van der Waals surface area contributed by atoms with Crippen molar-refractivity contribution in [2.75, 3.05) is 17.7 Å². The molecule has 1 aromatic heterocycles. The molecule has 182 valence electrons. The van der Waals surface area contributed by atoms with Gasteiger partial charge in [0.25, 0.3) is 11.9 Å². The molecule has 5 rings (SSSR count). The minimum atomic E-state index is -0.364. The summed E-state index contributed by atoms with van der Waals surface area (Å²) < 4.78 is 20.7. The van der Waals surface area contributed by atoms with E-state index in [2.05, 4.69) is 45.0 Å². The van der Waals surface area contributed by atoms with Crippen molar-refractivity contribution in [3.8, 4) is 5.75 Å².